The molecule has 1 aliphatic carbocycles. The van der Waals surface area contributed by atoms with Gasteiger partial charge in [-0.3, -0.25) is 4.68 Å². The molecule has 0 radical (unpaired) electrons. The van der Waals surface area contributed by atoms with Crippen LogP contribution in [0.25, 0.3) is 0 Å². The van der Waals surface area contributed by atoms with Crippen LogP contribution in [-0.2, 0) is 17.7 Å². The number of aromatic nitrogens is 3. The fourth-order valence-corrected chi connectivity index (χ4v) is 4.05. The highest BCUT2D eigenvalue weighted by Crippen LogP contribution is 2.43. The molecule has 0 bridgehead atoms. The van der Waals surface area contributed by atoms with Gasteiger partial charge in [-0.1, -0.05) is 37.6 Å². The van der Waals surface area contributed by atoms with Crippen molar-refractivity contribution in [3.05, 3.63) is 47.5 Å². The molecule has 26 heavy (non-hydrogen) atoms. The van der Waals surface area contributed by atoms with Crippen LogP contribution in [0.4, 0.5) is 0 Å². The summed E-state index contributed by atoms with van der Waals surface area (Å²) in [5, 5.41) is 16.6. The molecule has 3 atom stereocenters. The summed E-state index contributed by atoms with van der Waals surface area (Å²) in [5.74, 6) is 0.743. The molecule has 142 valence electrons. The van der Waals surface area contributed by atoms with Gasteiger partial charge in [-0.05, 0) is 48.8 Å². The summed E-state index contributed by atoms with van der Waals surface area (Å²) in [7, 11) is 0. The second kappa shape index (κ2) is 8.51. The van der Waals surface area contributed by atoms with Crippen LogP contribution in [0, 0.1) is 17.8 Å². The van der Waals surface area contributed by atoms with Crippen LogP contribution in [-0.4, -0.2) is 38.7 Å². The maximum atomic E-state index is 11.7. The third kappa shape index (κ3) is 4.64. The molecule has 1 N–H and O–H groups in total. The zero-order valence-corrected chi connectivity index (χ0v) is 16.3. The van der Waals surface area contributed by atoms with Crippen molar-refractivity contribution in [3.8, 4) is 0 Å². The monoisotopic (exact) mass is 377 g/mol. The summed E-state index contributed by atoms with van der Waals surface area (Å²) in [5.41, 5.74) is 0.338. The number of nitrogens with zero attached hydrogens (tertiary/aromatic N) is 3. The molecular weight excluding hydrogens is 350 g/mol. The van der Waals surface area contributed by atoms with Crippen LogP contribution in [0.5, 0.6) is 0 Å². The third-order valence-electron chi connectivity index (χ3n) is 5.32. The number of halogens is 1. The SMILES string of the molecule is CC(C)COCC1CCC(Cc2ccc(Cl)cc2)C1(O)Cn1cncn1. The highest BCUT2D eigenvalue weighted by Gasteiger charge is 2.49. The van der Waals surface area contributed by atoms with Crippen molar-refractivity contribution >= 4 is 11.6 Å². The zero-order chi connectivity index (χ0) is 18.6. The number of rotatable bonds is 8. The Kier molecular flexibility index (Phi) is 6.33. The Balaban J connectivity index is 1.74. The molecule has 1 aromatic carbocycles. The second-order valence-electron chi connectivity index (χ2n) is 7.82. The summed E-state index contributed by atoms with van der Waals surface area (Å²) < 4.78 is 7.62. The molecular formula is C20H28ClN3O2. The van der Waals surface area contributed by atoms with Gasteiger partial charge < -0.3 is 9.84 Å². The molecule has 3 unspecified atom stereocenters. The third-order valence-corrected chi connectivity index (χ3v) is 5.58. The standard InChI is InChI=1S/C20H28ClN3O2/c1-15(2)10-26-11-18-6-5-17(9-16-3-7-19(21)8-4-16)20(18,25)12-24-14-22-13-23-24/h3-4,7-8,13-15,17-18,25H,5-6,9-12H2,1-2H3. The molecule has 0 spiro atoms. The summed E-state index contributed by atoms with van der Waals surface area (Å²) >= 11 is 6.00. The van der Waals surface area contributed by atoms with Crippen LogP contribution in [0.1, 0.15) is 32.3 Å². The Morgan fingerprint density at radius 3 is 2.65 bits per heavy atom. The van der Waals surface area contributed by atoms with Crippen molar-refractivity contribution in [1.29, 1.82) is 0 Å². The Hall–Kier alpha value is -1.43. The second-order valence-corrected chi connectivity index (χ2v) is 8.25. The van der Waals surface area contributed by atoms with Crippen LogP contribution >= 0.6 is 11.6 Å². The van der Waals surface area contributed by atoms with E-state index in [4.69, 9.17) is 16.3 Å². The molecule has 3 rings (SSSR count). The van der Waals surface area contributed by atoms with Crippen molar-refractivity contribution in [2.45, 2.75) is 45.3 Å². The minimum atomic E-state index is -0.857. The molecule has 6 heteroatoms. The largest absolute Gasteiger partial charge is 0.387 e. The lowest BCUT2D eigenvalue weighted by Gasteiger charge is -2.35. The lowest BCUT2D eigenvalue weighted by molar-refractivity contribution is -0.0796. The Labute approximate surface area is 160 Å². The number of hydrogen-bond donors (Lipinski definition) is 1. The van der Waals surface area contributed by atoms with Crippen molar-refractivity contribution < 1.29 is 9.84 Å². The fourth-order valence-electron chi connectivity index (χ4n) is 3.93. The molecule has 1 saturated carbocycles. The topological polar surface area (TPSA) is 60.2 Å². The van der Waals surface area contributed by atoms with E-state index in [1.807, 2.05) is 24.3 Å². The summed E-state index contributed by atoms with van der Waals surface area (Å²) in [6.07, 6.45) is 5.94. The molecule has 0 aliphatic heterocycles. The molecule has 1 fully saturated rings. The first kappa shape index (κ1) is 19.3. The van der Waals surface area contributed by atoms with E-state index in [2.05, 4.69) is 23.9 Å². The Bertz CT molecular complexity index is 675. The first-order chi connectivity index (χ1) is 12.5. The number of aliphatic hydroxyl groups is 1. The van der Waals surface area contributed by atoms with Gasteiger partial charge in [0.1, 0.15) is 12.7 Å². The lowest BCUT2D eigenvalue weighted by Crippen LogP contribution is -2.46. The van der Waals surface area contributed by atoms with Gasteiger partial charge in [0.05, 0.1) is 18.8 Å². The van der Waals surface area contributed by atoms with Crippen LogP contribution in [0.3, 0.4) is 0 Å². The van der Waals surface area contributed by atoms with Gasteiger partial charge >= 0.3 is 0 Å². The van der Waals surface area contributed by atoms with Gasteiger partial charge in [0.25, 0.3) is 0 Å². The zero-order valence-electron chi connectivity index (χ0n) is 15.5. The lowest BCUT2D eigenvalue weighted by atomic mass is 9.81. The van der Waals surface area contributed by atoms with Gasteiger partial charge in [0.2, 0.25) is 0 Å². The van der Waals surface area contributed by atoms with E-state index >= 15 is 0 Å². The van der Waals surface area contributed by atoms with Crippen LogP contribution < -0.4 is 0 Å². The average molecular weight is 378 g/mol. The molecule has 0 amide bonds. The van der Waals surface area contributed by atoms with E-state index in [1.54, 1.807) is 11.0 Å². The maximum absolute atomic E-state index is 11.7. The number of ether oxygens (including phenoxy) is 1. The van der Waals surface area contributed by atoms with Crippen LogP contribution in [0.15, 0.2) is 36.9 Å². The molecule has 0 saturated heterocycles. The molecule has 1 heterocycles. The smallest absolute Gasteiger partial charge is 0.137 e. The van der Waals surface area contributed by atoms with Crippen molar-refractivity contribution in [2.24, 2.45) is 17.8 Å². The fraction of sp³-hybridized carbons (Fsp3) is 0.600. The van der Waals surface area contributed by atoms with E-state index < -0.39 is 5.60 Å². The van der Waals surface area contributed by atoms with Crippen LogP contribution in [0.2, 0.25) is 5.02 Å². The van der Waals surface area contributed by atoms with E-state index in [-0.39, 0.29) is 11.8 Å². The van der Waals surface area contributed by atoms with E-state index in [0.717, 1.165) is 30.9 Å². The molecule has 5 nitrogen and oxygen atoms in total. The van der Waals surface area contributed by atoms with E-state index in [0.29, 0.717) is 19.1 Å². The van der Waals surface area contributed by atoms with Gasteiger partial charge in [0, 0.05) is 17.5 Å². The predicted octanol–water partition coefficient (Wildman–Crippen LogP) is 3.60. The summed E-state index contributed by atoms with van der Waals surface area (Å²) in [4.78, 5) is 4.02. The van der Waals surface area contributed by atoms with Gasteiger partial charge in [-0.15, -0.1) is 0 Å². The first-order valence-corrected chi connectivity index (χ1v) is 9.72. The van der Waals surface area contributed by atoms with Gasteiger partial charge in [-0.25, -0.2) is 4.98 Å². The molecule has 1 aromatic heterocycles. The van der Waals surface area contributed by atoms with E-state index in [1.165, 1.54) is 11.9 Å². The van der Waals surface area contributed by atoms with Crippen molar-refractivity contribution in [3.63, 3.8) is 0 Å². The highest BCUT2D eigenvalue weighted by molar-refractivity contribution is 6.30. The maximum Gasteiger partial charge on any atom is 0.137 e. The normalized spacial score (nSPS) is 25.9. The van der Waals surface area contributed by atoms with Crippen molar-refractivity contribution in [2.75, 3.05) is 13.2 Å². The quantitative estimate of drug-likeness (QED) is 0.763. The summed E-state index contributed by atoms with van der Waals surface area (Å²) in [6, 6.07) is 7.90. The van der Waals surface area contributed by atoms with Gasteiger partial charge in [0.15, 0.2) is 0 Å². The van der Waals surface area contributed by atoms with E-state index in [9.17, 15) is 5.11 Å². The Morgan fingerprint density at radius 2 is 2.00 bits per heavy atom. The number of hydrogen-bond acceptors (Lipinski definition) is 4. The number of benzene rings is 1. The van der Waals surface area contributed by atoms with Gasteiger partial charge in [-0.2, -0.15) is 5.10 Å². The highest BCUT2D eigenvalue weighted by atomic mass is 35.5. The molecule has 1 aliphatic rings. The molecule has 2 aromatic rings. The van der Waals surface area contributed by atoms with Crippen molar-refractivity contribution in [1.82, 2.24) is 14.8 Å². The summed E-state index contributed by atoms with van der Waals surface area (Å²) in [6.45, 7) is 6.03. The first-order valence-electron chi connectivity index (χ1n) is 9.34. The average Bonchev–Trinajstić information content (AvgIpc) is 3.20. The minimum Gasteiger partial charge on any atom is -0.387 e. The minimum absolute atomic E-state index is 0.0998. The predicted molar refractivity (Wildman–Crippen MR) is 102 cm³/mol. The Morgan fingerprint density at radius 1 is 1.27 bits per heavy atom.